The number of methoxy groups -OCH3 is 1. The zero-order valence-corrected chi connectivity index (χ0v) is 8.69. The second-order valence-electron chi connectivity index (χ2n) is 3.59. The lowest BCUT2D eigenvalue weighted by atomic mass is 9.96. The van der Waals surface area contributed by atoms with Gasteiger partial charge in [0.15, 0.2) is 5.60 Å². The van der Waals surface area contributed by atoms with E-state index in [9.17, 15) is 4.79 Å². The molecule has 1 atom stereocenters. The maximum atomic E-state index is 11.0. The molecule has 1 heterocycles. The topological polar surface area (TPSA) is 35.5 Å². The van der Waals surface area contributed by atoms with Gasteiger partial charge in [-0.1, -0.05) is 12.1 Å². The molecule has 15 heavy (non-hydrogen) atoms. The molecule has 0 saturated carbocycles. The molecule has 0 fully saturated rings. The minimum atomic E-state index is -0.636. The molecule has 0 radical (unpaired) electrons. The number of rotatable bonds is 2. The van der Waals surface area contributed by atoms with Crippen molar-refractivity contribution in [3.63, 3.8) is 0 Å². The Bertz CT molecular complexity index is 405. The summed E-state index contributed by atoms with van der Waals surface area (Å²) in [5.74, 6) is 0.490. The highest BCUT2D eigenvalue weighted by atomic mass is 16.6. The van der Waals surface area contributed by atoms with E-state index in [4.69, 9.17) is 9.47 Å². The number of hydrogen-bond acceptors (Lipinski definition) is 3. The van der Waals surface area contributed by atoms with Gasteiger partial charge in [-0.25, -0.2) is 4.79 Å². The van der Waals surface area contributed by atoms with Crippen LogP contribution in [0, 0.1) is 0 Å². The van der Waals surface area contributed by atoms with E-state index in [0.29, 0.717) is 0 Å². The van der Waals surface area contributed by atoms with E-state index in [-0.39, 0.29) is 5.97 Å². The van der Waals surface area contributed by atoms with Crippen LogP contribution in [0.5, 0.6) is 5.75 Å². The first kappa shape index (κ1) is 9.77. The fourth-order valence-corrected chi connectivity index (χ4v) is 1.58. The lowest BCUT2D eigenvalue weighted by Crippen LogP contribution is -2.20. The molecule has 0 aliphatic carbocycles. The standard InChI is InChI=1S/C12H12O3/c1-12(8-7-11(13)15-12)9-3-5-10(14-2)6-4-9/h3-8H,1-2H3. The van der Waals surface area contributed by atoms with Crippen LogP contribution in [0.1, 0.15) is 12.5 Å². The summed E-state index contributed by atoms with van der Waals surface area (Å²) in [4.78, 5) is 11.0. The number of benzene rings is 1. The molecule has 3 heteroatoms. The van der Waals surface area contributed by atoms with Crippen molar-refractivity contribution in [1.29, 1.82) is 0 Å². The Morgan fingerprint density at radius 3 is 2.40 bits per heavy atom. The van der Waals surface area contributed by atoms with Gasteiger partial charge in [-0.3, -0.25) is 0 Å². The normalized spacial score (nSPS) is 24.0. The van der Waals surface area contributed by atoms with Crippen LogP contribution in [0.25, 0.3) is 0 Å². The van der Waals surface area contributed by atoms with Crippen LogP contribution < -0.4 is 4.74 Å². The quantitative estimate of drug-likeness (QED) is 0.691. The third-order valence-corrected chi connectivity index (χ3v) is 2.51. The van der Waals surface area contributed by atoms with Crippen molar-refractivity contribution in [1.82, 2.24) is 0 Å². The Labute approximate surface area is 88.3 Å². The van der Waals surface area contributed by atoms with Crippen LogP contribution in [0.4, 0.5) is 0 Å². The van der Waals surface area contributed by atoms with Gasteiger partial charge < -0.3 is 9.47 Å². The van der Waals surface area contributed by atoms with Crippen molar-refractivity contribution in [2.45, 2.75) is 12.5 Å². The minimum Gasteiger partial charge on any atom is -0.497 e. The molecule has 3 nitrogen and oxygen atoms in total. The molecule has 1 aromatic rings. The Kier molecular flexibility index (Phi) is 2.23. The van der Waals surface area contributed by atoms with Gasteiger partial charge in [0.1, 0.15) is 5.75 Å². The van der Waals surface area contributed by atoms with E-state index < -0.39 is 5.60 Å². The van der Waals surface area contributed by atoms with Crippen molar-refractivity contribution in [3.05, 3.63) is 42.0 Å². The third-order valence-electron chi connectivity index (χ3n) is 2.51. The van der Waals surface area contributed by atoms with Gasteiger partial charge in [0.25, 0.3) is 0 Å². The van der Waals surface area contributed by atoms with Crippen LogP contribution in [-0.4, -0.2) is 13.1 Å². The Morgan fingerprint density at radius 2 is 1.93 bits per heavy atom. The average Bonchev–Trinajstić information content (AvgIpc) is 2.60. The summed E-state index contributed by atoms with van der Waals surface area (Å²) in [6, 6.07) is 7.48. The maximum absolute atomic E-state index is 11.0. The number of cyclic esters (lactones) is 1. The highest BCUT2D eigenvalue weighted by Gasteiger charge is 2.32. The summed E-state index contributed by atoms with van der Waals surface area (Å²) in [5, 5.41) is 0. The summed E-state index contributed by atoms with van der Waals surface area (Å²) in [5.41, 5.74) is 0.300. The third kappa shape index (κ3) is 1.73. The number of hydrogen-bond donors (Lipinski definition) is 0. The maximum Gasteiger partial charge on any atom is 0.331 e. The smallest absolute Gasteiger partial charge is 0.331 e. The van der Waals surface area contributed by atoms with Gasteiger partial charge in [0, 0.05) is 6.08 Å². The van der Waals surface area contributed by atoms with Gasteiger partial charge >= 0.3 is 5.97 Å². The Balaban J connectivity index is 2.30. The molecule has 0 bridgehead atoms. The molecule has 0 aromatic heterocycles. The van der Waals surface area contributed by atoms with Gasteiger partial charge in [-0.15, -0.1) is 0 Å². The van der Waals surface area contributed by atoms with Crippen LogP contribution in [0.3, 0.4) is 0 Å². The first-order chi connectivity index (χ1) is 7.14. The summed E-state index contributed by atoms with van der Waals surface area (Å²) in [6.07, 6.45) is 3.21. The number of ether oxygens (including phenoxy) is 2. The zero-order valence-electron chi connectivity index (χ0n) is 8.69. The molecule has 2 rings (SSSR count). The predicted octanol–water partition coefficient (Wildman–Crippen LogP) is 2.02. The summed E-state index contributed by atoms with van der Waals surface area (Å²) in [7, 11) is 1.62. The molecule has 0 saturated heterocycles. The van der Waals surface area contributed by atoms with Gasteiger partial charge in [0.2, 0.25) is 0 Å². The van der Waals surface area contributed by atoms with E-state index in [0.717, 1.165) is 11.3 Å². The summed E-state index contributed by atoms with van der Waals surface area (Å²) >= 11 is 0. The first-order valence-electron chi connectivity index (χ1n) is 4.71. The number of carbonyl (C=O) groups excluding carboxylic acids is 1. The SMILES string of the molecule is COc1ccc(C2(C)C=CC(=O)O2)cc1. The minimum absolute atomic E-state index is 0.298. The summed E-state index contributed by atoms with van der Waals surface area (Å²) < 4.78 is 10.3. The molecule has 1 aromatic carbocycles. The van der Waals surface area contributed by atoms with Gasteiger partial charge in [-0.05, 0) is 30.7 Å². The zero-order chi connectivity index (χ0) is 10.9. The van der Waals surface area contributed by atoms with E-state index in [1.165, 1.54) is 6.08 Å². The van der Waals surface area contributed by atoms with Crippen LogP contribution >= 0.6 is 0 Å². The molecule has 1 aliphatic rings. The fourth-order valence-electron chi connectivity index (χ4n) is 1.58. The highest BCUT2D eigenvalue weighted by Crippen LogP contribution is 2.32. The second-order valence-corrected chi connectivity index (χ2v) is 3.59. The Hall–Kier alpha value is -1.77. The predicted molar refractivity (Wildman–Crippen MR) is 55.6 cm³/mol. The van der Waals surface area contributed by atoms with Crippen LogP contribution in [0.15, 0.2) is 36.4 Å². The fraction of sp³-hybridized carbons (Fsp3) is 0.250. The second kappa shape index (κ2) is 3.42. The van der Waals surface area contributed by atoms with Crippen molar-refractivity contribution in [3.8, 4) is 5.75 Å². The van der Waals surface area contributed by atoms with E-state index in [2.05, 4.69) is 0 Å². The monoisotopic (exact) mass is 204 g/mol. The van der Waals surface area contributed by atoms with Crippen LogP contribution in [0.2, 0.25) is 0 Å². The molecular formula is C12H12O3. The van der Waals surface area contributed by atoms with E-state index >= 15 is 0 Å². The molecule has 1 aliphatic heterocycles. The molecule has 0 N–H and O–H groups in total. The largest absolute Gasteiger partial charge is 0.497 e. The molecular weight excluding hydrogens is 192 g/mol. The highest BCUT2D eigenvalue weighted by molar-refractivity contribution is 5.85. The lowest BCUT2D eigenvalue weighted by Gasteiger charge is -2.21. The van der Waals surface area contributed by atoms with Crippen molar-refractivity contribution < 1.29 is 14.3 Å². The van der Waals surface area contributed by atoms with Crippen molar-refractivity contribution in [2.75, 3.05) is 7.11 Å². The summed E-state index contributed by atoms with van der Waals surface area (Å²) in [6.45, 7) is 1.86. The first-order valence-corrected chi connectivity index (χ1v) is 4.71. The Morgan fingerprint density at radius 1 is 1.27 bits per heavy atom. The number of esters is 1. The van der Waals surface area contributed by atoms with E-state index in [1.54, 1.807) is 13.2 Å². The van der Waals surface area contributed by atoms with Crippen LogP contribution in [-0.2, 0) is 15.1 Å². The van der Waals surface area contributed by atoms with Gasteiger partial charge in [-0.2, -0.15) is 0 Å². The van der Waals surface area contributed by atoms with Crippen molar-refractivity contribution in [2.24, 2.45) is 0 Å². The molecule has 0 spiro atoms. The molecule has 0 amide bonds. The lowest BCUT2D eigenvalue weighted by molar-refractivity contribution is -0.145. The number of carbonyl (C=O) groups is 1. The van der Waals surface area contributed by atoms with Crippen molar-refractivity contribution >= 4 is 5.97 Å². The van der Waals surface area contributed by atoms with Gasteiger partial charge in [0.05, 0.1) is 7.11 Å². The molecule has 1 unspecified atom stereocenters. The van der Waals surface area contributed by atoms with E-state index in [1.807, 2.05) is 31.2 Å². The average molecular weight is 204 g/mol. The molecule has 78 valence electrons.